The number of hydrogen-bond acceptors (Lipinski definition) is 4. The van der Waals surface area contributed by atoms with Crippen LogP contribution >= 0.6 is 0 Å². The molecule has 0 spiro atoms. The molecule has 2 heterocycles. The molecule has 1 fully saturated rings. The SMILES string of the molecule is N#C[C@@H]1CCCCC[C@@H]1n1nc(N)c2c(=O)[nH]ccc21. The van der Waals surface area contributed by atoms with Crippen LogP contribution in [0.4, 0.5) is 5.82 Å². The van der Waals surface area contributed by atoms with E-state index in [0.717, 1.165) is 37.6 Å². The fourth-order valence-corrected chi connectivity index (χ4v) is 3.11. The second-order valence-corrected chi connectivity index (χ2v) is 5.34. The minimum atomic E-state index is -0.228. The Morgan fingerprint density at radius 3 is 3.00 bits per heavy atom. The Hall–Kier alpha value is -2.29. The lowest BCUT2D eigenvalue weighted by Crippen LogP contribution is -2.19. The molecule has 3 rings (SSSR count). The molecule has 0 unspecified atom stereocenters. The summed E-state index contributed by atoms with van der Waals surface area (Å²) in [5, 5.41) is 14.2. The fraction of sp³-hybridized carbons (Fsp3) is 0.500. The molecular formula is C14H17N5O. The number of aromatic amines is 1. The predicted molar refractivity (Wildman–Crippen MR) is 76.0 cm³/mol. The van der Waals surface area contributed by atoms with Gasteiger partial charge in [0, 0.05) is 6.20 Å². The van der Waals surface area contributed by atoms with E-state index in [4.69, 9.17) is 5.73 Å². The average molecular weight is 271 g/mol. The highest BCUT2D eigenvalue weighted by atomic mass is 16.1. The molecule has 2 aromatic heterocycles. The van der Waals surface area contributed by atoms with E-state index in [2.05, 4.69) is 16.2 Å². The van der Waals surface area contributed by atoms with Crippen LogP contribution in [0.1, 0.15) is 38.1 Å². The van der Waals surface area contributed by atoms with Gasteiger partial charge in [0.15, 0.2) is 5.82 Å². The van der Waals surface area contributed by atoms with E-state index in [0.29, 0.717) is 5.39 Å². The molecule has 104 valence electrons. The number of fused-ring (bicyclic) bond motifs is 1. The molecule has 0 aliphatic heterocycles. The van der Waals surface area contributed by atoms with Gasteiger partial charge in [-0.3, -0.25) is 9.48 Å². The van der Waals surface area contributed by atoms with Gasteiger partial charge in [-0.05, 0) is 18.9 Å². The molecule has 0 aromatic carbocycles. The molecule has 0 bridgehead atoms. The molecule has 0 saturated heterocycles. The number of aromatic nitrogens is 3. The molecule has 1 aliphatic rings. The topological polar surface area (TPSA) is 100 Å². The Balaban J connectivity index is 2.16. The van der Waals surface area contributed by atoms with E-state index in [1.165, 1.54) is 0 Å². The van der Waals surface area contributed by atoms with Crippen molar-refractivity contribution in [3.63, 3.8) is 0 Å². The van der Waals surface area contributed by atoms with Gasteiger partial charge in [0.05, 0.1) is 23.5 Å². The number of hydrogen-bond donors (Lipinski definition) is 2. The van der Waals surface area contributed by atoms with Crippen molar-refractivity contribution in [3.05, 3.63) is 22.6 Å². The van der Waals surface area contributed by atoms with Gasteiger partial charge in [-0.25, -0.2) is 0 Å². The number of rotatable bonds is 1. The Morgan fingerprint density at radius 2 is 2.20 bits per heavy atom. The maximum atomic E-state index is 11.9. The van der Waals surface area contributed by atoms with Crippen molar-refractivity contribution in [2.75, 3.05) is 5.73 Å². The zero-order valence-electron chi connectivity index (χ0n) is 11.2. The van der Waals surface area contributed by atoms with Crippen LogP contribution in [0.25, 0.3) is 10.9 Å². The first-order chi connectivity index (χ1) is 9.72. The smallest absolute Gasteiger partial charge is 0.261 e. The van der Waals surface area contributed by atoms with Gasteiger partial charge in [-0.1, -0.05) is 19.3 Å². The van der Waals surface area contributed by atoms with Crippen LogP contribution in [-0.4, -0.2) is 14.8 Å². The molecule has 0 radical (unpaired) electrons. The van der Waals surface area contributed by atoms with Crippen molar-refractivity contribution in [1.29, 1.82) is 5.26 Å². The van der Waals surface area contributed by atoms with Crippen LogP contribution in [0.3, 0.4) is 0 Å². The molecule has 1 aliphatic carbocycles. The third-order valence-corrected chi connectivity index (χ3v) is 4.12. The summed E-state index contributed by atoms with van der Waals surface area (Å²) < 4.78 is 1.79. The third-order valence-electron chi connectivity index (χ3n) is 4.12. The highest BCUT2D eigenvalue weighted by molar-refractivity contribution is 5.88. The summed E-state index contributed by atoms with van der Waals surface area (Å²) in [4.78, 5) is 14.5. The lowest BCUT2D eigenvalue weighted by Gasteiger charge is -2.20. The second kappa shape index (κ2) is 5.00. The van der Waals surface area contributed by atoms with E-state index in [1.54, 1.807) is 16.9 Å². The summed E-state index contributed by atoms with van der Waals surface area (Å²) in [5.41, 5.74) is 6.37. The maximum Gasteiger partial charge on any atom is 0.261 e. The zero-order valence-corrected chi connectivity index (χ0v) is 11.2. The van der Waals surface area contributed by atoms with Crippen LogP contribution in [-0.2, 0) is 0 Å². The summed E-state index contributed by atoms with van der Waals surface area (Å²) >= 11 is 0. The number of nitrogens with zero attached hydrogens (tertiary/aromatic N) is 3. The molecule has 0 amide bonds. The lowest BCUT2D eigenvalue weighted by molar-refractivity contribution is 0.353. The third kappa shape index (κ3) is 1.95. The van der Waals surface area contributed by atoms with Crippen molar-refractivity contribution in [2.24, 2.45) is 5.92 Å². The predicted octanol–water partition coefficient (Wildman–Crippen LogP) is 1.95. The van der Waals surface area contributed by atoms with Crippen molar-refractivity contribution in [3.8, 4) is 6.07 Å². The van der Waals surface area contributed by atoms with Gasteiger partial charge in [-0.2, -0.15) is 10.4 Å². The standard InChI is InChI=1S/C14H17N5O/c15-8-9-4-2-1-3-5-10(9)19-11-6-7-17-14(20)12(11)13(16)18-19/h6-7,9-10H,1-5H2,(H2,16,18)(H,17,20)/t9-,10-/m0/s1. The number of nitriles is 1. The van der Waals surface area contributed by atoms with E-state index >= 15 is 0 Å². The molecule has 2 aromatic rings. The van der Waals surface area contributed by atoms with Gasteiger partial charge >= 0.3 is 0 Å². The normalized spacial score (nSPS) is 23.4. The largest absolute Gasteiger partial charge is 0.382 e. The van der Waals surface area contributed by atoms with Gasteiger partial charge in [-0.15, -0.1) is 0 Å². The lowest BCUT2D eigenvalue weighted by atomic mass is 9.96. The maximum absolute atomic E-state index is 11.9. The van der Waals surface area contributed by atoms with Crippen molar-refractivity contribution >= 4 is 16.7 Å². The Labute approximate surface area is 116 Å². The number of nitrogens with one attached hydrogen (secondary N) is 1. The van der Waals surface area contributed by atoms with Gasteiger partial charge in [0.25, 0.3) is 5.56 Å². The zero-order chi connectivity index (χ0) is 14.1. The molecular weight excluding hydrogens is 254 g/mol. The average Bonchev–Trinajstić information content (AvgIpc) is 2.64. The van der Waals surface area contributed by atoms with E-state index in [9.17, 15) is 10.1 Å². The molecule has 2 atom stereocenters. The van der Waals surface area contributed by atoms with E-state index < -0.39 is 0 Å². The van der Waals surface area contributed by atoms with E-state index in [-0.39, 0.29) is 23.3 Å². The van der Waals surface area contributed by atoms with Gasteiger partial charge in [0.2, 0.25) is 0 Å². The van der Waals surface area contributed by atoms with Crippen molar-refractivity contribution < 1.29 is 0 Å². The van der Waals surface area contributed by atoms with Crippen LogP contribution < -0.4 is 11.3 Å². The first kappa shape index (κ1) is 12.7. The summed E-state index contributed by atoms with van der Waals surface area (Å²) in [6.45, 7) is 0. The van der Waals surface area contributed by atoms with Crippen LogP contribution in [0.5, 0.6) is 0 Å². The number of pyridine rings is 1. The van der Waals surface area contributed by atoms with Crippen LogP contribution in [0, 0.1) is 17.2 Å². The number of H-pyrrole nitrogens is 1. The first-order valence-electron chi connectivity index (χ1n) is 6.97. The monoisotopic (exact) mass is 271 g/mol. The summed E-state index contributed by atoms with van der Waals surface area (Å²) in [7, 11) is 0. The van der Waals surface area contributed by atoms with Gasteiger partial charge in [0.1, 0.15) is 5.39 Å². The minimum Gasteiger partial charge on any atom is -0.382 e. The van der Waals surface area contributed by atoms with Crippen LogP contribution in [0.15, 0.2) is 17.1 Å². The summed E-state index contributed by atoms with van der Waals surface area (Å²) in [5.74, 6) is 0.169. The Kier molecular flexibility index (Phi) is 3.18. The fourth-order valence-electron chi connectivity index (χ4n) is 3.11. The first-order valence-corrected chi connectivity index (χ1v) is 6.97. The molecule has 3 N–H and O–H groups in total. The molecule has 6 nitrogen and oxygen atoms in total. The van der Waals surface area contributed by atoms with Crippen molar-refractivity contribution in [2.45, 2.75) is 38.1 Å². The molecule has 1 saturated carbocycles. The molecule has 6 heteroatoms. The van der Waals surface area contributed by atoms with Crippen LogP contribution in [0.2, 0.25) is 0 Å². The number of anilines is 1. The quantitative estimate of drug-likeness (QED) is 0.774. The summed E-state index contributed by atoms with van der Waals surface area (Å²) in [6.07, 6.45) is 6.68. The molecule has 20 heavy (non-hydrogen) atoms. The Bertz CT molecular complexity index is 723. The second-order valence-electron chi connectivity index (χ2n) is 5.34. The van der Waals surface area contributed by atoms with Crippen molar-refractivity contribution in [1.82, 2.24) is 14.8 Å². The minimum absolute atomic E-state index is 0.00380. The highest BCUT2D eigenvalue weighted by Crippen LogP contribution is 2.34. The highest BCUT2D eigenvalue weighted by Gasteiger charge is 2.28. The number of nitrogen functional groups attached to an aromatic ring is 1. The Morgan fingerprint density at radius 1 is 1.40 bits per heavy atom. The van der Waals surface area contributed by atoms with E-state index in [1.807, 2.05) is 0 Å². The van der Waals surface area contributed by atoms with Gasteiger partial charge < -0.3 is 10.7 Å². The number of nitrogens with two attached hydrogens (primary N) is 1. The summed E-state index contributed by atoms with van der Waals surface area (Å²) in [6, 6.07) is 4.20.